The molecule has 3 N–H and O–H groups in total. The maximum atomic E-state index is 12.9. The van der Waals surface area contributed by atoms with Gasteiger partial charge in [-0.1, -0.05) is 103 Å². The standard InChI is InChI=1S/C27H25ClN2O2S/c28-24-16-18-25(19-17-24)33(31,32)29-20-26(21-10-4-1-5-11-21)30-27(22-12-6-2-7-13-22)23-14-8-3-9-15-23/h1-19,26-27,29-30H,20H2/p+1/t26-/m0/s1. The summed E-state index contributed by atoms with van der Waals surface area (Å²) in [6.45, 7) is 0.241. The maximum Gasteiger partial charge on any atom is 0.240 e. The second-order valence-electron chi connectivity index (χ2n) is 7.81. The lowest BCUT2D eigenvalue weighted by Crippen LogP contribution is -2.87. The van der Waals surface area contributed by atoms with E-state index in [4.69, 9.17) is 11.6 Å². The minimum absolute atomic E-state index is 0.0117. The summed E-state index contributed by atoms with van der Waals surface area (Å²) in [6, 6.07) is 36.6. The van der Waals surface area contributed by atoms with E-state index in [2.05, 4.69) is 34.3 Å². The zero-order valence-electron chi connectivity index (χ0n) is 18.0. The molecule has 0 radical (unpaired) electrons. The van der Waals surface area contributed by atoms with Crippen LogP contribution in [-0.2, 0) is 10.0 Å². The van der Waals surface area contributed by atoms with Crippen LogP contribution < -0.4 is 10.0 Å². The highest BCUT2D eigenvalue weighted by Gasteiger charge is 2.26. The van der Waals surface area contributed by atoms with E-state index in [1.54, 1.807) is 12.1 Å². The van der Waals surface area contributed by atoms with Gasteiger partial charge in [0.1, 0.15) is 12.1 Å². The molecular weight excluding hydrogens is 452 g/mol. The largest absolute Gasteiger partial charge is 0.329 e. The van der Waals surface area contributed by atoms with Crippen molar-refractivity contribution in [2.24, 2.45) is 0 Å². The molecule has 0 spiro atoms. The molecule has 0 fully saturated rings. The Bertz CT molecular complexity index is 1210. The predicted molar refractivity (Wildman–Crippen MR) is 132 cm³/mol. The van der Waals surface area contributed by atoms with Crippen molar-refractivity contribution in [3.05, 3.63) is 137 Å². The third-order valence-electron chi connectivity index (χ3n) is 5.59. The van der Waals surface area contributed by atoms with Gasteiger partial charge in [0.15, 0.2) is 0 Å². The van der Waals surface area contributed by atoms with Crippen molar-refractivity contribution in [3.63, 3.8) is 0 Å². The highest BCUT2D eigenvalue weighted by atomic mass is 35.5. The van der Waals surface area contributed by atoms with Crippen molar-refractivity contribution in [1.82, 2.24) is 4.72 Å². The lowest BCUT2D eigenvalue weighted by atomic mass is 9.96. The Morgan fingerprint density at radius 3 is 1.61 bits per heavy atom. The molecular formula is C27H26ClN2O2S+. The molecule has 4 nitrogen and oxygen atoms in total. The number of halogens is 1. The summed E-state index contributed by atoms with van der Waals surface area (Å²) in [5, 5.41) is 2.72. The van der Waals surface area contributed by atoms with E-state index < -0.39 is 10.0 Å². The fourth-order valence-electron chi connectivity index (χ4n) is 3.86. The van der Waals surface area contributed by atoms with Gasteiger partial charge in [-0.2, -0.15) is 0 Å². The lowest BCUT2D eigenvalue weighted by Gasteiger charge is -2.24. The Morgan fingerprint density at radius 2 is 1.12 bits per heavy atom. The van der Waals surface area contributed by atoms with Gasteiger partial charge in [0.2, 0.25) is 10.0 Å². The average Bonchev–Trinajstić information content (AvgIpc) is 2.86. The zero-order valence-corrected chi connectivity index (χ0v) is 19.6. The Hall–Kier alpha value is -2.96. The summed E-state index contributed by atoms with van der Waals surface area (Å²) in [5.74, 6) is 0. The van der Waals surface area contributed by atoms with E-state index in [1.807, 2.05) is 66.7 Å². The van der Waals surface area contributed by atoms with E-state index in [9.17, 15) is 8.42 Å². The van der Waals surface area contributed by atoms with Crippen LogP contribution in [0.4, 0.5) is 0 Å². The van der Waals surface area contributed by atoms with Crippen LogP contribution in [0.1, 0.15) is 28.8 Å². The summed E-state index contributed by atoms with van der Waals surface area (Å²) in [5.41, 5.74) is 3.36. The second kappa shape index (κ2) is 10.8. The third kappa shape index (κ3) is 6.09. The fourth-order valence-corrected chi connectivity index (χ4v) is 5.05. The first-order valence-corrected chi connectivity index (χ1v) is 12.6. The molecule has 0 aromatic heterocycles. The maximum absolute atomic E-state index is 12.9. The zero-order chi connectivity index (χ0) is 23.1. The molecule has 6 heteroatoms. The molecule has 0 aliphatic rings. The van der Waals surface area contributed by atoms with Crippen molar-refractivity contribution in [3.8, 4) is 0 Å². The number of hydrogen-bond donors (Lipinski definition) is 2. The molecule has 4 aromatic carbocycles. The first-order valence-electron chi connectivity index (χ1n) is 10.8. The van der Waals surface area contributed by atoms with Crippen molar-refractivity contribution in [2.75, 3.05) is 6.54 Å². The molecule has 4 aromatic rings. The fraction of sp³-hybridized carbons (Fsp3) is 0.111. The topological polar surface area (TPSA) is 62.8 Å². The summed E-state index contributed by atoms with van der Waals surface area (Å²) in [6.07, 6.45) is 0. The Morgan fingerprint density at radius 1 is 0.667 bits per heavy atom. The Kier molecular flexibility index (Phi) is 7.57. The van der Waals surface area contributed by atoms with Gasteiger partial charge in [-0.25, -0.2) is 13.1 Å². The summed E-state index contributed by atoms with van der Waals surface area (Å²) in [7, 11) is -3.67. The minimum atomic E-state index is -3.67. The van der Waals surface area contributed by atoms with E-state index in [-0.39, 0.29) is 23.5 Å². The van der Waals surface area contributed by atoms with E-state index in [0.717, 1.165) is 16.7 Å². The Balaban J connectivity index is 1.63. The number of quaternary nitrogens is 1. The Labute approximate surface area is 200 Å². The van der Waals surface area contributed by atoms with E-state index in [0.29, 0.717) is 5.02 Å². The molecule has 33 heavy (non-hydrogen) atoms. The van der Waals surface area contributed by atoms with Gasteiger partial charge in [-0.05, 0) is 24.3 Å². The second-order valence-corrected chi connectivity index (χ2v) is 10.0. The van der Waals surface area contributed by atoms with Gasteiger partial charge in [-0.15, -0.1) is 0 Å². The van der Waals surface area contributed by atoms with Gasteiger partial charge in [-0.3, -0.25) is 0 Å². The monoisotopic (exact) mass is 477 g/mol. The van der Waals surface area contributed by atoms with Crippen LogP contribution in [0.25, 0.3) is 0 Å². The quantitative estimate of drug-likeness (QED) is 0.366. The number of sulfonamides is 1. The average molecular weight is 478 g/mol. The van der Waals surface area contributed by atoms with Crippen LogP contribution in [0.15, 0.2) is 120 Å². The van der Waals surface area contributed by atoms with Crippen LogP contribution in [0, 0.1) is 0 Å². The van der Waals surface area contributed by atoms with E-state index >= 15 is 0 Å². The summed E-state index contributed by atoms with van der Waals surface area (Å²) < 4.78 is 28.7. The first kappa shape index (κ1) is 23.2. The number of benzene rings is 4. The van der Waals surface area contributed by atoms with Crippen molar-refractivity contribution in [2.45, 2.75) is 17.0 Å². The first-order chi connectivity index (χ1) is 16.0. The third-order valence-corrected chi connectivity index (χ3v) is 7.28. The normalized spacial score (nSPS) is 12.5. The van der Waals surface area contributed by atoms with Crippen LogP contribution in [0.3, 0.4) is 0 Å². The van der Waals surface area contributed by atoms with Gasteiger partial charge in [0.05, 0.1) is 11.4 Å². The molecule has 1 atom stereocenters. The summed E-state index contributed by atoms with van der Waals surface area (Å²) >= 11 is 5.92. The molecule has 0 aliphatic carbocycles. The van der Waals surface area contributed by atoms with Crippen LogP contribution >= 0.6 is 11.6 Å². The van der Waals surface area contributed by atoms with E-state index in [1.165, 1.54) is 12.1 Å². The van der Waals surface area contributed by atoms with Crippen LogP contribution in [0.2, 0.25) is 5.02 Å². The number of nitrogens with two attached hydrogens (primary N) is 1. The predicted octanol–water partition coefficient (Wildman–Crippen LogP) is 4.71. The molecule has 0 bridgehead atoms. The van der Waals surface area contributed by atoms with Gasteiger partial charge in [0.25, 0.3) is 0 Å². The molecule has 0 heterocycles. The molecule has 0 saturated heterocycles. The highest BCUT2D eigenvalue weighted by Crippen LogP contribution is 2.21. The lowest BCUT2D eigenvalue weighted by molar-refractivity contribution is -0.724. The van der Waals surface area contributed by atoms with Gasteiger partial charge >= 0.3 is 0 Å². The van der Waals surface area contributed by atoms with Crippen molar-refractivity contribution in [1.29, 1.82) is 0 Å². The molecule has 0 unspecified atom stereocenters. The minimum Gasteiger partial charge on any atom is -0.329 e. The smallest absolute Gasteiger partial charge is 0.240 e. The van der Waals surface area contributed by atoms with Crippen molar-refractivity contribution >= 4 is 21.6 Å². The van der Waals surface area contributed by atoms with Crippen molar-refractivity contribution < 1.29 is 13.7 Å². The van der Waals surface area contributed by atoms with Gasteiger partial charge < -0.3 is 5.32 Å². The molecule has 0 aliphatic heterocycles. The number of rotatable bonds is 9. The molecule has 4 rings (SSSR count). The number of nitrogens with one attached hydrogen (secondary N) is 1. The highest BCUT2D eigenvalue weighted by molar-refractivity contribution is 7.89. The summed E-state index contributed by atoms with van der Waals surface area (Å²) in [4.78, 5) is 0.196. The van der Waals surface area contributed by atoms with Crippen LogP contribution in [-0.4, -0.2) is 15.0 Å². The number of hydrogen-bond acceptors (Lipinski definition) is 2. The molecule has 168 valence electrons. The molecule has 0 saturated carbocycles. The van der Waals surface area contributed by atoms with Gasteiger partial charge in [0, 0.05) is 21.7 Å². The SMILES string of the molecule is O=S(=O)(NC[C@H]([NH2+]C(c1ccccc1)c1ccccc1)c1ccccc1)c1ccc(Cl)cc1. The molecule has 0 amide bonds. The van der Waals surface area contributed by atoms with Crippen LogP contribution in [0.5, 0.6) is 0 Å².